The first-order chi connectivity index (χ1) is 11.9. The van der Waals surface area contributed by atoms with Gasteiger partial charge in [-0.2, -0.15) is 0 Å². The summed E-state index contributed by atoms with van der Waals surface area (Å²) >= 11 is 0. The Balaban J connectivity index is 1.86. The number of hydrogen-bond donors (Lipinski definition) is 1. The van der Waals surface area contributed by atoms with Crippen molar-refractivity contribution < 1.29 is 13.2 Å². The van der Waals surface area contributed by atoms with Crippen LogP contribution >= 0.6 is 0 Å². The highest BCUT2D eigenvalue weighted by molar-refractivity contribution is 7.89. The first-order valence-corrected chi connectivity index (χ1v) is 9.86. The highest BCUT2D eigenvalue weighted by Crippen LogP contribution is 2.29. The second-order valence-electron chi connectivity index (χ2n) is 6.61. The minimum Gasteiger partial charge on any atom is -0.308 e. The van der Waals surface area contributed by atoms with E-state index in [2.05, 4.69) is 4.72 Å². The van der Waals surface area contributed by atoms with Gasteiger partial charge in [-0.3, -0.25) is 4.79 Å². The van der Waals surface area contributed by atoms with E-state index in [4.69, 9.17) is 0 Å². The van der Waals surface area contributed by atoms with Crippen molar-refractivity contribution in [3.05, 3.63) is 59.7 Å². The lowest BCUT2D eigenvalue weighted by Gasteiger charge is -2.18. The molecular formula is C19H22N2O3S. The third-order valence-corrected chi connectivity index (χ3v) is 5.63. The van der Waals surface area contributed by atoms with Gasteiger partial charge in [-0.15, -0.1) is 0 Å². The summed E-state index contributed by atoms with van der Waals surface area (Å²) in [7, 11) is -3.62. The normalized spacial score (nSPS) is 14.0. The molecule has 1 aliphatic heterocycles. The first kappa shape index (κ1) is 17.6. The van der Waals surface area contributed by atoms with Gasteiger partial charge in [0.2, 0.25) is 10.0 Å². The molecule has 0 saturated heterocycles. The molecule has 0 aliphatic carbocycles. The van der Waals surface area contributed by atoms with Crippen LogP contribution < -0.4 is 9.62 Å². The Morgan fingerprint density at radius 3 is 2.68 bits per heavy atom. The third-order valence-electron chi connectivity index (χ3n) is 4.21. The first-order valence-electron chi connectivity index (χ1n) is 8.38. The average molecular weight is 358 g/mol. The number of anilines is 1. The highest BCUT2D eigenvalue weighted by atomic mass is 32.2. The maximum Gasteiger partial charge on any atom is 0.258 e. The van der Waals surface area contributed by atoms with Gasteiger partial charge in [0.25, 0.3) is 5.91 Å². The van der Waals surface area contributed by atoms with E-state index >= 15 is 0 Å². The van der Waals surface area contributed by atoms with Gasteiger partial charge in [-0.1, -0.05) is 38.1 Å². The van der Waals surface area contributed by atoms with E-state index in [1.54, 1.807) is 17.0 Å². The number of carbonyl (C=O) groups is 1. The van der Waals surface area contributed by atoms with Crippen LogP contribution in [0, 0.1) is 5.92 Å². The van der Waals surface area contributed by atoms with Crippen LogP contribution in [0.5, 0.6) is 0 Å². The second-order valence-corrected chi connectivity index (χ2v) is 8.38. The van der Waals surface area contributed by atoms with Crippen LogP contribution in [0.3, 0.4) is 0 Å². The molecule has 1 heterocycles. The van der Waals surface area contributed by atoms with Gasteiger partial charge in [0.05, 0.1) is 4.90 Å². The number of fused-ring (bicyclic) bond motifs is 1. The molecule has 132 valence electrons. The molecule has 5 nitrogen and oxygen atoms in total. The van der Waals surface area contributed by atoms with E-state index < -0.39 is 10.0 Å². The van der Waals surface area contributed by atoms with E-state index in [-0.39, 0.29) is 16.7 Å². The van der Waals surface area contributed by atoms with Crippen molar-refractivity contribution in [3.63, 3.8) is 0 Å². The molecule has 0 bridgehead atoms. The maximum absolute atomic E-state index is 12.9. The van der Waals surface area contributed by atoms with Crippen molar-refractivity contribution in [1.82, 2.24) is 4.72 Å². The minimum absolute atomic E-state index is 0.117. The van der Waals surface area contributed by atoms with Gasteiger partial charge in [0.15, 0.2) is 0 Å². The number of para-hydroxylation sites is 1. The molecule has 0 aromatic heterocycles. The molecule has 1 amide bonds. The smallest absolute Gasteiger partial charge is 0.258 e. The van der Waals surface area contributed by atoms with Crippen LogP contribution in [0.15, 0.2) is 53.4 Å². The monoisotopic (exact) mass is 358 g/mol. The fourth-order valence-electron chi connectivity index (χ4n) is 2.86. The topological polar surface area (TPSA) is 66.5 Å². The molecule has 2 aromatic carbocycles. The summed E-state index contributed by atoms with van der Waals surface area (Å²) in [4.78, 5) is 14.7. The van der Waals surface area contributed by atoms with Crippen LogP contribution in [0.25, 0.3) is 0 Å². The standard InChI is InChI=1S/C19H22N2O3S/c1-14(2)13-20-25(23,24)17-8-5-7-16(12-17)19(22)21-11-10-15-6-3-4-9-18(15)21/h3-9,12,14,20H,10-11,13H2,1-2H3. The molecule has 0 radical (unpaired) electrons. The van der Waals surface area contributed by atoms with Crippen LogP contribution in [0.4, 0.5) is 5.69 Å². The van der Waals surface area contributed by atoms with Crippen LogP contribution in [-0.4, -0.2) is 27.4 Å². The van der Waals surface area contributed by atoms with Gasteiger partial charge >= 0.3 is 0 Å². The molecule has 25 heavy (non-hydrogen) atoms. The molecule has 1 N–H and O–H groups in total. The summed E-state index contributed by atoms with van der Waals surface area (Å²) < 4.78 is 27.4. The minimum atomic E-state index is -3.62. The molecule has 0 spiro atoms. The number of rotatable bonds is 5. The number of benzene rings is 2. The van der Waals surface area contributed by atoms with E-state index in [1.807, 2.05) is 38.1 Å². The Labute approximate surface area is 148 Å². The lowest BCUT2D eigenvalue weighted by Crippen LogP contribution is -2.30. The summed E-state index contributed by atoms with van der Waals surface area (Å²) in [6.07, 6.45) is 0.815. The predicted molar refractivity (Wildman–Crippen MR) is 98.3 cm³/mol. The Kier molecular flexibility index (Phi) is 4.92. The van der Waals surface area contributed by atoms with Gasteiger partial charge < -0.3 is 4.90 Å². The third kappa shape index (κ3) is 3.75. The number of hydrogen-bond acceptors (Lipinski definition) is 3. The largest absolute Gasteiger partial charge is 0.308 e. The van der Waals surface area contributed by atoms with Crippen molar-refractivity contribution in [3.8, 4) is 0 Å². The fraction of sp³-hybridized carbons (Fsp3) is 0.316. The van der Waals surface area contributed by atoms with Crippen molar-refractivity contribution in [2.24, 2.45) is 5.92 Å². The molecule has 0 unspecified atom stereocenters. The summed E-state index contributed by atoms with van der Waals surface area (Å²) in [5, 5.41) is 0. The van der Waals surface area contributed by atoms with E-state index in [1.165, 1.54) is 12.1 Å². The fourth-order valence-corrected chi connectivity index (χ4v) is 4.12. The number of carbonyl (C=O) groups excluding carboxylic acids is 1. The average Bonchev–Trinajstić information content (AvgIpc) is 3.03. The predicted octanol–water partition coefficient (Wildman–Crippen LogP) is 2.82. The van der Waals surface area contributed by atoms with E-state index in [0.29, 0.717) is 18.7 Å². The molecule has 6 heteroatoms. The summed E-state index contributed by atoms with van der Waals surface area (Å²) in [6, 6.07) is 14.0. The molecule has 2 aromatic rings. The van der Waals surface area contributed by atoms with Crippen LogP contribution in [-0.2, 0) is 16.4 Å². The molecule has 1 aliphatic rings. The zero-order valence-electron chi connectivity index (χ0n) is 14.4. The summed E-state index contributed by atoms with van der Waals surface area (Å²) in [6.45, 7) is 4.85. The number of amides is 1. The molecule has 0 saturated carbocycles. The molecular weight excluding hydrogens is 336 g/mol. The van der Waals surface area contributed by atoms with Crippen LogP contribution in [0.2, 0.25) is 0 Å². The van der Waals surface area contributed by atoms with Gasteiger partial charge in [-0.25, -0.2) is 13.1 Å². The van der Waals surface area contributed by atoms with Gasteiger partial charge in [0.1, 0.15) is 0 Å². The maximum atomic E-state index is 12.9. The van der Waals surface area contributed by atoms with E-state index in [0.717, 1.165) is 17.7 Å². The van der Waals surface area contributed by atoms with Crippen LogP contribution in [0.1, 0.15) is 29.8 Å². The van der Waals surface area contributed by atoms with Crippen molar-refractivity contribution in [2.45, 2.75) is 25.2 Å². The molecule has 0 fully saturated rings. The summed E-state index contributed by atoms with van der Waals surface area (Å²) in [5.41, 5.74) is 2.42. The Morgan fingerprint density at radius 2 is 1.92 bits per heavy atom. The number of sulfonamides is 1. The highest BCUT2D eigenvalue weighted by Gasteiger charge is 2.26. The second kappa shape index (κ2) is 6.98. The van der Waals surface area contributed by atoms with Crippen molar-refractivity contribution in [2.75, 3.05) is 18.0 Å². The summed E-state index contributed by atoms with van der Waals surface area (Å²) in [5.74, 6) is 0.0338. The number of nitrogens with one attached hydrogen (secondary N) is 1. The SMILES string of the molecule is CC(C)CNS(=O)(=O)c1cccc(C(=O)N2CCc3ccccc32)c1. The lowest BCUT2D eigenvalue weighted by atomic mass is 10.1. The lowest BCUT2D eigenvalue weighted by molar-refractivity contribution is 0.0989. The Morgan fingerprint density at radius 1 is 1.16 bits per heavy atom. The quantitative estimate of drug-likeness (QED) is 0.894. The zero-order chi connectivity index (χ0) is 18.0. The van der Waals surface area contributed by atoms with Gasteiger partial charge in [-0.05, 0) is 42.2 Å². The Bertz CT molecular complexity index is 891. The van der Waals surface area contributed by atoms with E-state index in [9.17, 15) is 13.2 Å². The molecule has 3 rings (SSSR count). The van der Waals surface area contributed by atoms with Gasteiger partial charge in [0, 0.05) is 24.3 Å². The zero-order valence-corrected chi connectivity index (χ0v) is 15.2. The number of nitrogens with zero attached hydrogens (tertiary/aromatic N) is 1. The Hall–Kier alpha value is -2.18. The van der Waals surface area contributed by atoms with Crippen molar-refractivity contribution in [1.29, 1.82) is 0 Å². The molecule has 0 atom stereocenters. The van der Waals surface area contributed by atoms with Crippen molar-refractivity contribution >= 4 is 21.6 Å².